The Hall–Kier alpha value is -2.14. The van der Waals surface area contributed by atoms with E-state index in [0.717, 1.165) is 16.8 Å². The topological polar surface area (TPSA) is 58.4 Å². The van der Waals surface area contributed by atoms with Crippen LogP contribution in [0.25, 0.3) is 11.3 Å². The van der Waals surface area contributed by atoms with Gasteiger partial charge in [0.2, 0.25) is 5.91 Å². The standard InChI is InChI=1S/C18H23N3O2/c1-14(22)21-11-8-18(23,9-12-21)13-15-5-3-4-6-16(15)17-7-10-19-20(17)2/h3-7,10,23H,8-9,11-13H2,1-2H3. The van der Waals surface area contributed by atoms with Crippen molar-refractivity contribution in [1.29, 1.82) is 0 Å². The van der Waals surface area contributed by atoms with Crippen molar-refractivity contribution in [2.45, 2.75) is 31.8 Å². The Labute approximate surface area is 136 Å². The molecule has 2 heterocycles. The molecule has 1 saturated heterocycles. The smallest absolute Gasteiger partial charge is 0.219 e. The van der Waals surface area contributed by atoms with Gasteiger partial charge in [0.25, 0.3) is 0 Å². The number of hydrogen-bond acceptors (Lipinski definition) is 3. The highest BCUT2D eigenvalue weighted by Gasteiger charge is 2.33. The zero-order valence-electron chi connectivity index (χ0n) is 13.7. The maximum atomic E-state index is 11.4. The van der Waals surface area contributed by atoms with Gasteiger partial charge in [0.15, 0.2) is 0 Å². The molecule has 0 atom stereocenters. The van der Waals surface area contributed by atoms with Crippen molar-refractivity contribution in [3.63, 3.8) is 0 Å². The quantitative estimate of drug-likeness (QED) is 0.943. The van der Waals surface area contributed by atoms with Gasteiger partial charge in [-0.05, 0) is 24.5 Å². The van der Waals surface area contributed by atoms with Crippen molar-refractivity contribution in [3.8, 4) is 11.3 Å². The fourth-order valence-electron chi connectivity index (χ4n) is 3.33. The van der Waals surface area contributed by atoms with Crippen LogP contribution in [0.15, 0.2) is 36.5 Å². The van der Waals surface area contributed by atoms with Gasteiger partial charge >= 0.3 is 0 Å². The van der Waals surface area contributed by atoms with Gasteiger partial charge in [-0.25, -0.2) is 0 Å². The number of aromatic nitrogens is 2. The highest BCUT2D eigenvalue weighted by Crippen LogP contribution is 2.31. The van der Waals surface area contributed by atoms with Gasteiger partial charge in [-0.3, -0.25) is 9.48 Å². The second kappa shape index (κ2) is 6.16. The monoisotopic (exact) mass is 313 g/mol. The van der Waals surface area contributed by atoms with E-state index in [1.807, 2.05) is 34.8 Å². The van der Waals surface area contributed by atoms with Crippen molar-refractivity contribution in [3.05, 3.63) is 42.1 Å². The van der Waals surface area contributed by atoms with Crippen LogP contribution in [-0.2, 0) is 18.3 Å². The molecule has 23 heavy (non-hydrogen) atoms. The Balaban J connectivity index is 1.81. The number of carbonyl (C=O) groups excluding carboxylic acids is 1. The molecule has 1 amide bonds. The first-order chi connectivity index (χ1) is 11.0. The average Bonchev–Trinajstić information content (AvgIpc) is 2.94. The second-order valence-electron chi connectivity index (χ2n) is 6.40. The molecule has 0 saturated carbocycles. The minimum Gasteiger partial charge on any atom is -0.389 e. The molecule has 1 fully saturated rings. The van der Waals surface area contributed by atoms with Gasteiger partial charge in [-0.2, -0.15) is 5.10 Å². The number of aliphatic hydroxyl groups is 1. The van der Waals surface area contributed by atoms with E-state index in [9.17, 15) is 9.90 Å². The lowest BCUT2D eigenvalue weighted by molar-refractivity contribution is -0.133. The van der Waals surface area contributed by atoms with Gasteiger partial charge in [-0.1, -0.05) is 24.3 Å². The summed E-state index contributed by atoms with van der Waals surface area (Å²) in [6.45, 7) is 2.83. The van der Waals surface area contributed by atoms with E-state index >= 15 is 0 Å². The average molecular weight is 313 g/mol. The molecule has 0 aliphatic carbocycles. The highest BCUT2D eigenvalue weighted by atomic mass is 16.3. The van der Waals surface area contributed by atoms with Gasteiger partial charge in [0.1, 0.15) is 0 Å². The van der Waals surface area contributed by atoms with Crippen molar-refractivity contribution in [1.82, 2.24) is 14.7 Å². The predicted molar refractivity (Wildman–Crippen MR) is 88.8 cm³/mol. The lowest BCUT2D eigenvalue weighted by Gasteiger charge is -2.38. The summed E-state index contributed by atoms with van der Waals surface area (Å²) in [7, 11) is 1.92. The van der Waals surface area contributed by atoms with Crippen LogP contribution in [0.2, 0.25) is 0 Å². The molecular weight excluding hydrogens is 290 g/mol. The summed E-state index contributed by atoms with van der Waals surface area (Å²) in [6.07, 6.45) is 3.62. The molecule has 0 spiro atoms. The van der Waals surface area contributed by atoms with Crippen LogP contribution < -0.4 is 0 Å². The first kappa shape index (κ1) is 15.7. The number of rotatable bonds is 3. The van der Waals surface area contributed by atoms with Crippen LogP contribution in [-0.4, -0.2) is 44.4 Å². The molecule has 5 heteroatoms. The summed E-state index contributed by atoms with van der Waals surface area (Å²) in [6, 6.07) is 10.1. The van der Waals surface area contributed by atoms with Gasteiger partial charge < -0.3 is 10.0 Å². The largest absolute Gasteiger partial charge is 0.389 e. The second-order valence-corrected chi connectivity index (χ2v) is 6.40. The third-order valence-electron chi connectivity index (χ3n) is 4.77. The minimum absolute atomic E-state index is 0.0855. The third kappa shape index (κ3) is 3.29. The van der Waals surface area contributed by atoms with E-state index in [0.29, 0.717) is 32.4 Å². The summed E-state index contributed by atoms with van der Waals surface area (Å²) < 4.78 is 1.85. The Morgan fingerprint density at radius 1 is 1.26 bits per heavy atom. The van der Waals surface area contributed by atoms with Crippen LogP contribution in [0.3, 0.4) is 0 Å². The van der Waals surface area contributed by atoms with Crippen molar-refractivity contribution < 1.29 is 9.90 Å². The summed E-state index contributed by atoms with van der Waals surface area (Å²) in [4.78, 5) is 13.3. The zero-order valence-corrected chi connectivity index (χ0v) is 13.7. The Morgan fingerprint density at radius 2 is 1.96 bits per heavy atom. The summed E-state index contributed by atoms with van der Waals surface area (Å²) in [5.41, 5.74) is 2.52. The number of aryl methyl sites for hydroxylation is 1. The van der Waals surface area contributed by atoms with Gasteiger partial charge in [0.05, 0.1) is 11.3 Å². The molecule has 1 aliphatic rings. The Kier molecular flexibility index (Phi) is 4.22. The number of hydrogen-bond donors (Lipinski definition) is 1. The van der Waals surface area contributed by atoms with Crippen LogP contribution in [0.5, 0.6) is 0 Å². The number of benzene rings is 1. The third-order valence-corrected chi connectivity index (χ3v) is 4.77. The molecule has 1 aromatic heterocycles. The molecule has 1 aliphatic heterocycles. The highest BCUT2D eigenvalue weighted by molar-refractivity contribution is 5.73. The molecule has 0 bridgehead atoms. The first-order valence-corrected chi connectivity index (χ1v) is 8.03. The zero-order chi connectivity index (χ0) is 16.4. The molecule has 0 radical (unpaired) electrons. The lowest BCUT2D eigenvalue weighted by atomic mass is 9.83. The molecule has 2 aromatic rings. The SMILES string of the molecule is CC(=O)N1CCC(O)(Cc2ccccc2-c2ccnn2C)CC1. The van der Waals surface area contributed by atoms with E-state index in [4.69, 9.17) is 0 Å². The van der Waals surface area contributed by atoms with Gasteiger partial charge in [0, 0.05) is 45.2 Å². The molecule has 1 aromatic carbocycles. The Bertz CT molecular complexity index is 700. The molecule has 5 nitrogen and oxygen atoms in total. The van der Waals surface area contributed by atoms with E-state index in [1.54, 1.807) is 13.1 Å². The summed E-state index contributed by atoms with van der Waals surface area (Å²) >= 11 is 0. The molecular formula is C18H23N3O2. The van der Waals surface area contributed by atoms with Crippen LogP contribution in [0, 0.1) is 0 Å². The molecule has 3 rings (SSSR count). The van der Waals surface area contributed by atoms with E-state index < -0.39 is 5.60 Å². The fourth-order valence-corrected chi connectivity index (χ4v) is 3.33. The number of likely N-dealkylation sites (tertiary alicyclic amines) is 1. The maximum Gasteiger partial charge on any atom is 0.219 e. The molecule has 1 N–H and O–H groups in total. The predicted octanol–water partition coefficient (Wildman–Crippen LogP) is 2.00. The minimum atomic E-state index is -0.749. The number of amides is 1. The van der Waals surface area contributed by atoms with Crippen LogP contribution in [0.1, 0.15) is 25.3 Å². The van der Waals surface area contributed by atoms with Crippen LogP contribution >= 0.6 is 0 Å². The summed E-state index contributed by atoms with van der Waals surface area (Å²) in [5, 5.41) is 15.2. The number of nitrogens with zero attached hydrogens (tertiary/aromatic N) is 3. The molecule has 122 valence electrons. The summed E-state index contributed by atoms with van der Waals surface area (Å²) in [5.74, 6) is 0.0855. The first-order valence-electron chi connectivity index (χ1n) is 8.03. The van der Waals surface area contributed by atoms with E-state index in [-0.39, 0.29) is 5.91 Å². The van der Waals surface area contributed by atoms with Crippen molar-refractivity contribution in [2.75, 3.05) is 13.1 Å². The molecule has 0 unspecified atom stereocenters. The van der Waals surface area contributed by atoms with Crippen LogP contribution in [0.4, 0.5) is 0 Å². The van der Waals surface area contributed by atoms with Gasteiger partial charge in [-0.15, -0.1) is 0 Å². The van der Waals surface area contributed by atoms with E-state index in [1.165, 1.54) is 0 Å². The fraction of sp³-hybridized carbons (Fsp3) is 0.444. The van der Waals surface area contributed by atoms with Crippen molar-refractivity contribution in [2.24, 2.45) is 7.05 Å². The maximum absolute atomic E-state index is 11.4. The Morgan fingerprint density at radius 3 is 2.57 bits per heavy atom. The van der Waals surface area contributed by atoms with Crippen molar-refractivity contribution >= 4 is 5.91 Å². The van der Waals surface area contributed by atoms with E-state index in [2.05, 4.69) is 17.2 Å². The number of piperidine rings is 1. The lowest BCUT2D eigenvalue weighted by Crippen LogP contribution is -2.47. The normalized spacial score (nSPS) is 17.3. The number of carbonyl (C=O) groups is 1.